The van der Waals surface area contributed by atoms with Gasteiger partial charge in [0.15, 0.2) is 0 Å². The van der Waals surface area contributed by atoms with Gasteiger partial charge in [0.25, 0.3) is 7.82 Å². The first-order chi connectivity index (χ1) is 26.5. The summed E-state index contributed by atoms with van der Waals surface area (Å²) in [5.74, 6) is -0.223. The summed E-state index contributed by atoms with van der Waals surface area (Å²) < 4.78 is 23.2. The predicted molar refractivity (Wildman–Crippen MR) is 233 cm³/mol. The van der Waals surface area contributed by atoms with Crippen molar-refractivity contribution in [3.8, 4) is 0 Å². The number of phosphoric acid groups is 1. The Morgan fingerprint density at radius 3 is 1.62 bits per heavy atom. The Morgan fingerprint density at radius 2 is 1.07 bits per heavy atom. The third-order valence-electron chi connectivity index (χ3n) is 9.43. The molecular weight excluding hydrogens is 707 g/mol. The van der Waals surface area contributed by atoms with E-state index < -0.39 is 26.6 Å². The summed E-state index contributed by atoms with van der Waals surface area (Å²) in [4.78, 5) is 25.3. The Balaban J connectivity index is 4.53. The van der Waals surface area contributed by atoms with Crippen LogP contribution in [0.25, 0.3) is 0 Å². The van der Waals surface area contributed by atoms with Crippen molar-refractivity contribution < 1.29 is 32.9 Å². The quantitative estimate of drug-likeness (QED) is 0.0278. The Hall–Kier alpha value is -1.80. The zero-order valence-corrected chi connectivity index (χ0v) is 37.0. The molecule has 0 radical (unpaired) electrons. The number of carbonyl (C=O) groups excluding carboxylic acids is 1. The van der Waals surface area contributed by atoms with E-state index in [4.69, 9.17) is 9.05 Å². The number of allylic oxidation sites excluding steroid dienone is 9. The van der Waals surface area contributed by atoms with Gasteiger partial charge in [-0.3, -0.25) is 9.36 Å². The fourth-order valence-electron chi connectivity index (χ4n) is 5.86. The molecule has 2 N–H and O–H groups in total. The molecule has 0 aromatic rings. The van der Waals surface area contributed by atoms with Crippen LogP contribution >= 0.6 is 7.82 Å². The molecular formula is C46H85N2O6P. The van der Waals surface area contributed by atoms with E-state index in [1.54, 1.807) is 6.08 Å². The summed E-state index contributed by atoms with van der Waals surface area (Å²) in [5, 5.41) is 13.7. The van der Waals surface area contributed by atoms with E-state index >= 15 is 0 Å². The van der Waals surface area contributed by atoms with Crippen molar-refractivity contribution in [3.05, 3.63) is 60.8 Å². The zero-order valence-electron chi connectivity index (χ0n) is 36.1. The molecule has 0 rings (SSSR count). The lowest BCUT2D eigenvalue weighted by molar-refractivity contribution is -0.870. The molecule has 0 bridgehead atoms. The zero-order chi connectivity index (χ0) is 40.7. The van der Waals surface area contributed by atoms with Gasteiger partial charge >= 0.3 is 0 Å². The Labute approximate surface area is 339 Å². The van der Waals surface area contributed by atoms with Crippen LogP contribution in [-0.4, -0.2) is 68.5 Å². The normalized spacial score (nSPS) is 15.0. The van der Waals surface area contributed by atoms with Gasteiger partial charge in [0, 0.05) is 6.42 Å². The van der Waals surface area contributed by atoms with E-state index in [0.717, 1.165) is 64.2 Å². The number of hydrogen-bond donors (Lipinski definition) is 2. The smallest absolute Gasteiger partial charge is 0.268 e. The molecule has 0 aromatic carbocycles. The number of quaternary nitrogens is 1. The van der Waals surface area contributed by atoms with Crippen LogP contribution in [0.1, 0.15) is 174 Å². The Morgan fingerprint density at radius 1 is 0.636 bits per heavy atom. The highest BCUT2D eigenvalue weighted by Crippen LogP contribution is 2.38. The molecule has 0 heterocycles. The molecule has 3 atom stereocenters. The largest absolute Gasteiger partial charge is 0.756 e. The van der Waals surface area contributed by atoms with Crippen LogP contribution in [0.2, 0.25) is 0 Å². The summed E-state index contributed by atoms with van der Waals surface area (Å²) in [5.41, 5.74) is 0. The van der Waals surface area contributed by atoms with Gasteiger partial charge in [-0.2, -0.15) is 0 Å². The molecule has 0 saturated carbocycles. The second-order valence-electron chi connectivity index (χ2n) is 16.0. The maximum Gasteiger partial charge on any atom is 0.268 e. The minimum absolute atomic E-state index is 0.0130. The molecule has 0 aliphatic heterocycles. The number of aliphatic hydroxyl groups is 1. The van der Waals surface area contributed by atoms with Gasteiger partial charge in [-0.15, -0.1) is 0 Å². The average molecular weight is 793 g/mol. The number of rotatable bonds is 39. The molecule has 3 unspecified atom stereocenters. The second kappa shape index (κ2) is 37.8. The molecule has 1 amide bonds. The van der Waals surface area contributed by atoms with Gasteiger partial charge in [-0.1, -0.05) is 152 Å². The van der Waals surface area contributed by atoms with Crippen LogP contribution in [0.4, 0.5) is 0 Å². The van der Waals surface area contributed by atoms with Crippen LogP contribution in [-0.2, 0) is 18.4 Å². The third-order valence-corrected chi connectivity index (χ3v) is 10.4. The standard InChI is InChI=1S/C46H85N2O6P/c1-6-8-10-12-14-16-18-20-22-24-26-28-30-32-34-36-38-40-46(50)47-44(43-54-55(51,52)53-42-41-48(3,4)5)45(49)39-37-35-33-31-29-27-25-23-21-19-17-15-13-11-9-7-2/h14,16,20-23,29,31,37,39,44-45,49H,6-13,15,17-19,24-28,30,32-36,38,40-43H2,1-5H3,(H-,47,50,51,52)/b16-14-,22-20-,23-21+,31-29+,39-37+. The van der Waals surface area contributed by atoms with Crippen molar-refractivity contribution in [1.29, 1.82) is 0 Å². The van der Waals surface area contributed by atoms with Gasteiger partial charge in [0.2, 0.25) is 5.91 Å². The number of aliphatic hydroxyl groups excluding tert-OH is 1. The van der Waals surface area contributed by atoms with Crippen LogP contribution in [0.3, 0.4) is 0 Å². The van der Waals surface area contributed by atoms with E-state index in [9.17, 15) is 19.4 Å². The van der Waals surface area contributed by atoms with E-state index in [0.29, 0.717) is 17.4 Å². The first-order valence-electron chi connectivity index (χ1n) is 22.2. The highest BCUT2D eigenvalue weighted by molar-refractivity contribution is 7.45. The van der Waals surface area contributed by atoms with Crippen LogP contribution < -0.4 is 10.2 Å². The first kappa shape index (κ1) is 53.2. The number of nitrogens with one attached hydrogen (secondary N) is 1. The molecule has 55 heavy (non-hydrogen) atoms. The first-order valence-corrected chi connectivity index (χ1v) is 23.6. The topological polar surface area (TPSA) is 108 Å². The molecule has 0 aromatic heterocycles. The van der Waals surface area contributed by atoms with E-state index in [1.807, 2.05) is 27.2 Å². The van der Waals surface area contributed by atoms with Crippen LogP contribution in [0.5, 0.6) is 0 Å². The van der Waals surface area contributed by atoms with Gasteiger partial charge in [-0.25, -0.2) is 0 Å². The molecule has 0 aliphatic carbocycles. The number of phosphoric ester groups is 1. The van der Waals surface area contributed by atoms with E-state index in [-0.39, 0.29) is 12.5 Å². The minimum atomic E-state index is -4.60. The maximum absolute atomic E-state index is 12.8. The van der Waals surface area contributed by atoms with Gasteiger partial charge in [0.1, 0.15) is 13.2 Å². The average Bonchev–Trinajstić information content (AvgIpc) is 3.13. The monoisotopic (exact) mass is 793 g/mol. The summed E-state index contributed by atoms with van der Waals surface area (Å²) in [6.45, 7) is 4.56. The number of hydrogen-bond acceptors (Lipinski definition) is 6. The van der Waals surface area contributed by atoms with Crippen molar-refractivity contribution in [1.82, 2.24) is 5.32 Å². The predicted octanol–water partition coefficient (Wildman–Crippen LogP) is 11.6. The Bertz CT molecular complexity index is 1080. The van der Waals surface area contributed by atoms with Gasteiger partial charge < -0.3 is 28.8 Å². The molecule has 0 aliphatic rings. The number of likely N-dealkylation sites (N-methyl/N-ethyl adjacent to an activating group) is 1. The fourth-order valence-corrected chi connectivity index (χ4v) is 6.58. The van der Waals surface area contributed by atoms with Crippen molar-refractivity contribution in [3.63, 3.8) is 0 Å². The van der Waals surface area contributed by atoms with Crippen molar-refractivity contribution in [2.45, 2.75) is 187 Å². The van der Waals surface area contributed by atoms with E-state index in [2.05, 4.69) is 67.8 Å². The number of nitrogens with zero attached hydrogens (tertiary/aromatic N) is 1. The van der Waals surface area contributed by atoms with Gasteiger partial charge in [-0.05, 0) is 77.0 Å². The molecule has 0 fully saturated rings. The third kappa shape index (κ3) is 40.2. The molecule has 320 valence electrons. The van der Waals surface area contributed by atoms with Crippen molar-refractivity contribution >= 4 is 13.7 Å². The van der Waals surface area contributed by atoms with Crippen molar-refractivity contribution in [2.75, 3.05) is 40.9 Å². The van der Waals surface area contributed by atoms with Crippen LogP contribution in [0.15, 0.2) is 60.8 Å². The summed E-state index contributed by atoms with van der Waals surface area (Å²) >= 11 is 0. The second-order valence-corrected chi connectivity index (χ2v) is 17.4. The number of unbranched alkanes of at least 4 members (excludes halogenated alkanes) is 18. The van der Waals surface area contributed by atoms with Crippen LogP contribution in [0, 0.1) is 0 Å². The summed E-state index contributed by atoms with van der Waals surface area (Å²) in [6.07, 6.45) is 48.3. The maximum atomic E-state index is 12.8. The number of amides is 1. The van der Waals surface area contributed by atoms with Gasteiger partial charge in [0.05, 0.1) is 39.9 Å². The molecule has 8 nitrogen and oxygen atoms in total. The lowest BCUT2D eigenvalue weighted by Gasteiger charge is -2.29. The SMILES string of the molecule is CCCCC/C=C\C/C=C\CCCCCCCCCC(=O)NC(COP(=O)([O-])OCC[N+](C)(C)C)C(O)/C=C/CC/C=C/CC/C=C/CCCCCCCC. The Kier molecular flexibility index (Phi) is 36.5. The fraction of sp³-hybridized carbons (Fsp3) is 0.761. The highest BCUT2D eigenvalue weighted by Gasteiger charge is 2.23. The minimum Gasteiger partial charge on any atom is -0.756 e. The lowest BCUT2D eigenvalue weighted by atomic mass is 10.1. The molecule has 0 spiro atoms. The molecule has 0 saturated heterocycles. The summed E-state index contributed by atoms with van der Waals surface area (Å²) in [6, 6.07) is -0.914. The van der Waals surface area contributed by atoms with Crippen molar-refractivity contribution in [2.24, 2.45) is 0 Å². The lowest BCUT2D eigenvalue weighted by Crippen LogP contribution is -2.45. The highest BCUT2D eigenvalue weighted by atomic mass is 31.2. The number of carbonyl (C=O) groups is 1. The van der Waals surface area contributed by atoms with E-state index in [1.165, 1.54) is 89.9 Å². The summed E-state index contributed by atoms with van der Waals surface area (Å²) in [7, 11) is 1.22. The molecule has 9 heteroatoms.